The smallest absolute Gasteiger partial charge is 0.224 e. The van der Waals surface area contributed by atoms with E-state index in [2.05, 4.69) is 0 Å². The molecule has 1 unspecified atom stereocenters. The maximum Gasteiger partial charge on any atom is 0.224 e. The quantitative estimate of drug-likeness (QED) is 0.710. The third-order valence-corrected chi connectivity index (χ3v) is 2.48. The molecule has 0 aromatic heterocycles. The lowest BCUT2D eigenvalue weighted by Gasteiger charge is -2.03. The van der Waals surface area contributed by atoms with Crippen molar-refractivity contribution in [2.75, 3.05) is 6.54 Å². The molecule has 66 valence electrons. The van der Waals surface area contributed by atoms with Gasteiger partial charge in [0.2, 0.25) is 5.50 Å². The minimum Gasteiger partial charge on any atom is -0.282 e. The summed E-state index contributed by atoms with van der Waals surface area (Å²) in [6.45, 7) is 2.91. The highest BCUT2D eigenvalue weighted by molar-refractivity contribution is 7.92. The third-order valence-electron chi connectivity index (χ3n) is 1.44. The Bertz CT molecular complexity index is 215. The van der Waals surface area contributed by atoms with Crippen LogP contribution in [-0.2, 0) is 0 Å². The maximum atomic E-state index is 13.3. The van der Waals surface area contributed by atoms with Gasteiger partial charge in [-0.15, -0.1) is 0 Å². The Kier molecular flexibility index (Phi) is 4.11. The Morgan fingerprint density at radius 1 is 1.42 bits per heavy atom. The maximum absolute atomic E-state index is 13.3. The molecule has 2 N–H and O–H groups in total. The lowest BCUT2D eigenvalue weighted by Crippen LogP contribution is -2.75. The van der Waals surface area contributed by atoms with Gasteiger partial charge in [0.15, 0.2) is 0 Å². The van der Waals surface area contributed by atoms with Crippen molar-refractivity contribution in [3.63, 3.8) is 0 Å². The SMILES string of the molecule is CC[NH2+]SC(F)c1ccccc1. The number of nitrogens with two attached hydrogens (primary N) is 1. The average Bonchev–Trinajstić information content (AvgIpc) is 2.15. The second kappa shape index (κ2) is 5.17. The zero-order chi connectivity index (χ0) is 8.81. The molecule has 0 bridgehead atoms. The Hall–Kier alpha value is -0.540. The summed E-state index contributed by atoms with van der Waals surface area (Å²) < 4.78 is 15.1. The van der Waals surface area contributed by atoms with E-state index in [9.17, 15) is 4.39 Å². The second-order valence-electron chi connectivity index (χ2n) is 2.44. The predicted octanol–water partition coefficient (Wildman–Crippen LogP) is 1.89. The molecule has 1 atom stereocenters. The van der Waals surface area contributed by atoms with Crippen molar-refractivity contribution in [1.29, 1.82) is 0 Å². The van der Waals surface area contributed by atoms with Crippen LogP contribution >= 0.6 is 11.9 Å². The van der Waals surface area contributed by atoms with E-state index in [1.807, 2.05) is 29.8 Å². The monoisotopic (exact) mass is 186 g/mol. The molecular formula is C9H13FNS+. The largest absolute Gasteiger partial charge is 0.282 e. The van der Waals surface area contributed by atoms with E-state index in [0.717, 1.165) is 12.1 Å². The van der Waals surface area contributed by atoms with Crippen LogP contribution in [0.15, 0.2) is 30.3 Å². The van der Waals surface area contributed by atoms with Crippen LogP contribution in [0.5, 0.6) is 0 Å². The van der Waals surface area contributed by atoms with E-state index in [1.54, 1.807) is 12.1 Å². The lowest BCUT2D eigenvalue weighted by atomic mass is 10.2. The van der Waals surface area contributed by atoms with Gasteiger partial charge in [0.25, 0.3) is 0 Å². The van der Waals surface area contributed by atoms with E-state index in [0.29, 0.717) is 0 Å². The highest BCUT2D eigenvalue weighted by atomic mass is 32.2. The minimum atomic E-state index is -0.911. The van der Waals surface area contributed by atoms with Crippen molar-refractivity contribution in [2.45, 2.75) is 12.4 Å². The summed E-state index contributed by atoms with van der Waals surface area (Å²) in [5, 5.41) is 0. The fraction of sp³-hybridized carbons (Fsp3) is 0.333. The number of hydrogen-bond acceptors (Lipinski definition) is 1. The molecule has 12 heavy (non-hydrogen) atoms. The van der Waals surface area contributed by atoms with Crippen LogP contribution in [0.4, 0.5) is 4.39 Å². The van der Waals surface area contributed by atoms with E-state index in [1.165, 1.54) is 11.9 Å². The molecule has 0 amide bonds. The first-order valence-electron chi connectivity index (χ1n) is 4.00. The van der Waals surface area contributed by atoms with Crippen LogP contribution in [0.1, 0.15) is 18.0 Å². The molecule has 0 aliphatic heterocycles. The van der Waals surface area contributed by atoms with Gasteiger partial charge in [0.1, 0.15) is 11.9 Å². The van der Waals surface area contributed by atoms with Crippen LogP contribution < -0.4 is 4.72 Å². The molecular weight excluding hydrogens is 173 g/mol. The Morgan fingerprint density at radius 3 is 2.67 bits per heavy atom. The van der Waals surface area contributed by atoms with Crippen LogP contribution in [-0.4, -0.2) is 6.54 Å². The van der Waals surface area contributed by atoms with Gasteiger partial charge in [-0.05, 0) is 6.92 Å². The number of quaternary nitrogens is 1. The van der Waals surface area contributed by atoms with Gasteiger partial charge < -0.3 is 0 Å². The zero-order valence-electron chi connectivity index (χ0n) is 7.03. The van der Waals surface area contributed by atoms with Crippen molar-refractivity contribution >= 4 is 11.9 Å². The van der Waals surface area contributed by atoms with Gasteiger partial charge in [-0.2, -0.15) is 0 Å². The average molecular weight is 186 g/mol. The van der Waals surface area contributed by atoms with Gasteiger partial charge in [-0.25, -0.2) is 4.39 Å². The molecule has 1 aromatic carbocycles. The fourth-order valence-corrected chi connectivity index (χ4v) is 1.54. The lowest BCUT2D eigenvalue weighted by molar-refractivity contribution is -0.477. The molecule has 0 saturated heterocycles. The molecule has 0 saturated carbocycles. The topological polar surface area (TPSA) is 16.6 Å². The van der Waals surface area contributed by atoms with Crippen LogP contribution in [0.3, 0.4) is 0 Å². The summed E-state index contributed by atoms with van der Waals surface area (Å²) in [6.07, 6.45) is 0. The van der Waals surface area contributed by atoms with E-state index >= 15 is 0 Å². The first kappa shape index (κ1) is 9.55. The molecule has 0 aliphatic rings. The summed E-state index contributed by atoms with van der Waals surface area (Å²) in [6, 6.07) is 9.22. The normalized spacial score (nSPS) is 12.8. The Morgan fingerprint density at radius 2 is 2.08 bits per heavy atom. The third kappa shape index (κ3) is 2.83. The molecule has 3 heteroatoms. The van der Waals surface area contributed by atoms with Crippen molar-refractivity contribution in [3.8, 4) is 0 Å². The standard InChI is InChI=1S/C9H12FNS/c1-2-11-12-9(10)8-6-4-3-5-7-8/h3-7,9,11H,2H2,1H3/p+1. The molecule has 0 heterocycles. The minimum absolute atomic E-state index is 0.743. The van der Waals surface area contributed by atoms with Crippen LogP contribution in [0.2, 0.25) is 0 Å². The molecule has 1 nitrogen and oxygen atoms in total. The molecule has 0 spiro atoms. The molecule has 0 aliphatic carbocycles. The summed E-state index contributed by atoms with van der Waals surface area (Å²) in [7, 11) is 0. The van der Waals surface area contributed by atoms with Gasteiger partial charge in [0.05, 0.1) is 6.54 Å². The van der Waals surface area contributed by atoms with Crippen LogP contribution in [0.25, 0.3) is 0 Å². The van der Waals surface area contributed by atoms with Crippen molar-refractivity contribution in [1.82, 2.24) is 0 Å². The number of alkyl halides is 1. The number of benzene rings is 1. The number of hydrogen-bond donors (Lipinski definition) is 1. The molecule has 0 radical (unpaired) electrons. The first-order valence-corrected chi connectivity index (χ1v) is 4.95. The molecule has 0 fully saturated rings. The Balaban J connectivity index is 2.48. The summed E-state index contributed by atoms with van der Waals surface area (Å²) in [5.41, 5.74) is -0.168. The van der Waals surface area contributed by atoms with Crippen molar-refractivity contribution in [2.24, 2.45) is 0 Å². The van der Waals surface area contributed by atoms with E-state index < -0.39 is 5.50 Å². The number of halogens is 1. The second-order valence-corrected chi connectivity index (χ2v) is 3.46. The highest BCUT2D eigenvalue weighted by Gasteiger charge is 2.11. The van der Waals surface area contributed by atoms with E-state index in [-0.39, 0.29) is 0 Å². The molecule has 1 rings (SSSR count). The summed E-state index contributed by atoms with van der Waals surface area (Å²) in [5.74, 6) is 0. The van der Waals surface area contributed by atoms with Gasteiger partial charge in [-0.3, -0.25) is 4.72 Å². The highest BCUT2D eigenvalue weighted by Crippen LogP contribution is 2.23. The van der Waals surface area contributed by atoms with E-state index in [4.69, 9.17) is 0 Å². The molecule has 1 aromatic rings. The summed E-state index contributed by atoms with van der Waals surface area (Å²) in [4.78, 5) is 0. The van der Waals surface area contributed by atoms with Gasteiger partial charge >= 0.3 is 0 Å². The predicted molar refractivity (Wildman–Crippen MR) is 50.3 cm³/mol. The number of rotatable bonds is 4. The summed E-state index contributed by atoms with van der Waals surface area (Å²) >= 11 is 1.24. The van der Waals surface area contributed by atoms with Crippen molar-refractivity contribution in [3.05, 3.63) is 35.9 Å². The van der Waals surface area contributed by atoms with Crippen molar-refractivity contribution < 1.29 is 9.11 Å². The first-order chi connectivity index (χ1) is 5.84. The zero-order valence-corrected chi connectivity index (χ0v) is 7.85. The van der Waals surface area contributed by atoms with Gasteiger partial charge in [-0.1, -0.05) is 30.3 Å². The van der Waals surface area contributed by atoms with Gasteiger partial charge in [0, 0.05) is 5.56 Å². The fourth-order valence-electron chi connectivity index (χ4n) is 0.864. The van der Waals surface area contributed by atoms with Crippen LogP contribution in [0, 0.1) is 0 Å². The Labute approximate surface area is 76.5 Å².